The van der Waals surface area contributed by atoms with Crippen molar-refractivity contribution in [3.63, 3.8) is 0 Å². The molecule has 0 spiro atoms. The fourth-order valence-electron chi connectivity index (χ4n) is 1.63. The highest BCUT2D eigenvalue weighted by molar-refractivity contribution is 5.04. The van der Waals surface area contributed by atoms with Crippen molar-refractivity contribution in [3.05, 3.63) is 24.3 Å². The maximum atomic E-state index is 5.50. The lowest BCUT2D eigenvalue weighted by molar-refractivity contribution is 0.471. The first-order valence-corrected chi connectivity index (χ1v) is 5.12. The van der Waals surface area contributed by atoms with E-state index in [0.29, 0.717) is 0 Å². The van der Waals surface area contributed by atoms with Gasteiger partial charge in [-0.3, -0.25) is 11.3 Å². The monoisotopic (exact) mass is 192 g/mol. The summed E-state index contributed by atoms with van der Waals surface area (Å²) in [7, 11) is 0. The second kappa shape index (κ2) is 4.48. The van der Waals surface area contributed by atoms with E-state index in [1.807, 2.05) is 6.07 Å². The third-order valence-electron chi connectivity index (χ3n) is 2.72. The van der Waals surface area contributed by atoms with Crippen molar-refractivity contribution in [2.75, 3.05) is 0 Å². The summed E-state index contributed by atoms with van der Waals surface area (Å²) in [6.07, 6.45) is 8.42. The Balaban J connectivity index is 1.90. The molecule has 1 aliphatic rings. The van der Waals surface area contributed by atoms with Gasteiger partial charge in [-0.2, -0.15) is 0 Å². The molecular formula is C10H16N4. The van der Waals surface area contributed by atoms with Gasteiger partial charge in [0.25, 0.3) is 0 Å². The molecule has 1 saturated carbocycles. The predicted molar refractivity (Wildman–Crippen MR) is 54.1 cm³/mol. The summed E-state index contributed by atoms with van der Waals surface area (Å²) >= 11 is 0. The minimum Gasteiger partial charge on any atom is -0.271 e. The van der Waals surface area contributed by atoms with Crippen molar-refractivity contribution in [1.29, 1.82) is 0 Å². The zero-order valence-electron chi connectivity index (χ0n) is 8.19. The van der Waals surface area contributed by atoms with Gasteiger partial charge in [0.2, 0.25) is 0 Å². The summed E-state index contributed by atoms with van der Waals surface area (Å²) < 4.78 is 0. The standard InChI is InChI=1S/C10H16N4/c11-14-10(4-3-8-1-2-8)9-5-6-12-7-13-9/h5-8,10,14H,1-4,11H2. The molecule has 2 rings (SSSR count). The molecule has 1 atom stereocenters. The first kappa shape index (κ1) is 9.55. The first-order valence-electron chi connectivity index (χ1n) is 5.12. The largest absolute Gasteiger partial charge is 0.271 e. The molecule has 76 valence electrons. The van der Waals surface area contributed by atoms with Crippen molar-refractivity contribution >= 4 is 0 Å². The topological polar surface area (TPSA) is 63.8 Å². The van der Waals surface area contributed by atoms with Crippen molar-refractivity contribution in [1.82, 2.24) is 15.4 Å². The van der Waals surface area contributed by atoms with E-state index in [9.17, 15) is 0 Å². The molecule has 0 amide bonds. The van der Waals surface area contributed by atoms with Crippen LogP contribution in [0.15, 0.2) is 18.6 Å². The third kappa shape index (κ3) is 2.49. The number of nitrogens with two attached hydrogens (primary N) is 1. The SMILES string of the molecule is NNC(CCC1CC1)c1ccncn1. The Kier molecular flexibility index (Phi) is 3.06. The zero-order chi connectivity index (χ0) is 9.80. The summed E-state index contributed by atoms with van der Waals surface area (Å²) in [5.74, 6) is 6.44. The molecule has 0 bridgehead atoms. The van der Waals surface area contributed by atoms with E-state index in [1.54, 1.807) is 12.5 Å². The van der Waals surface area contributed by atoms with Crippen molar-refractivity contribution in [2.24, 2.45) is 11.8 Å². The molecular weight excluding hydrogens is 176 g/mol. The van der Waals surface area contributed by atoms with E-state index in [0.717, 1.165) is 18.0 Å². The van der Waals surface area contributed by atoms with E-state index < -0.39 is 0 Å². The van der Waals surface area contributed by atoms with Gasteiger partial charge in [0.1, 0.15) is 6.33 Å². The van der Waals surface area contributed by atoms with Crippen LogP contribution < -0.4 is 11.3 Å². The van der Waals surface area contributed by atoms with Gasteiger partial charge in [-0.15, -0.1) is 0 Å². The van der Waals surface area contributed by atoms with Gasteiger partial charge >= 0.3 is 0 Å². The normalized spacial score (nSPS) is 18.1. The average Bonchev–Trinajstić information content (AvgIpc) is 3.04. The maximum Gasteiger partial charge on any atom is 0.115 e. The van der Waals surface area contributed by atoms with Crippen molar-refractivity contribution < 1.29 is 0 Å². The molecule has 4 heteroatoms. The summed E-state index contributed by atoms with van der Waals surface area (Å²) in [5, 5.41) is 0. The van der Waals surface area contributed by atoms with Crippen LogP contribution in [-0.2, 0) is 0 Å². The van der Waals surface area contributed by atoms with Crippen LogP contribution in [0.3, 0.4) is 0 Å². The van der Waals surface area contributed by atoms with Gasteiger partial charge in [0.15, 0.2) is 0 Å². The van der Waals surface area contributed by atoms with Gasteiger partial charge in [0, 0.05) is 6.20 Å². The van der Waals surface area contributed by atoms with E-state index in [4.69, 9.17) is 5.84 Å². The van der Waals surface area contributed by atoms with Gasteiger partial charge in [0.05, 0.1) is 11.7 Å². The molecule has 1 heterocycles. The van der Waals surface area contributed by atoms with E-state index in [1.165, 1.54) is 19.3 Å². The van der Waals surface area contributed by atoms with Crippen LogP contribution >= 0.6 is 0 Å². The van der Waals surface area contributed by atoms with E-state index in [2.05, 4.69) is 15.4 Å². The third-order valence-corrected chi connectivity index (χ3v) is 2.72. The Morgan fingerprint density at radius 2 is 2.43 bits per heavy atom. The number of hydrogen-bond donors (Lipinski definition) is 2. The highest BCUT2D eigenvalue weighted by Crippen LogP contribution is 2.35. The van der Waals surface area contributed by atoms with Crippen LogP contribution in [0.1, 0.15) is 37.4 Å². The average molecular weight is 192 g/mol. The highest BCUT2D eigenvalue weighted by Gasteiger charge is 2.22. The fraction of sp³-hybridized carbons (Fsp3) is 0.600. The molecule has 4 nitrogen and oxygen atoms in total. The van der Waals surface area contributed by atoms with Gasteiger partial charge in [-0.25, -0.2) is 9.97 Å². The predicted octanol–water partition coefficient (Wildman–Crippen LogP) is 1.17. The highest BCUT2D eigenvalue weighted by atomic mass is 15.2. The lowest BCUT2D eigenvalue weighted by Gasteiger charge is -2.14. The molecule has 1 aliphatic carbocycles. The minimum atomic E-state index is 0.179. The molecule has 1 unspecified atom stereocenters. The Morgan fingerprint density at radius 1 is 1.57 bits per heavy atom. The molecule has 0 aliphatic heterocycles. The molecule has 0 aromatic carbocycles. The summed E-state index contributed by atoms with van der Waals surface area (Å²) in [4.78, 5) is 8.08. The molecule has 1 aromatic heterocycles. The van der Waals surface area contributed by atoms with Crippen LogP contribution in [0.4, 0.5) is 0 Å². The molecule has 3 N–H and O–H groups in total. The summed E-state index contributed by atoms with van der Waals surface area (Å²) in [6, 6.07) is 2.09. The van der Waals surface area contributed by atoms with Crippen LogP contribution in [0.2, 0.25) is 0 Å². The van der Waals surface area contributed by atoms with Gasteiger partial charge in [-0.1, -0.05) is 12.8 Å². The lowest BCUT2D eigenvalue weighted by Crippen LogP contribution is -2.28. The van der Waals surface area contributed by atoms with Crippen LogP contribution in [0, 0.1) is 5.92 Å². The summed E-state index contributed by atoms with van der Waals surface area (Å²) in [5.41, 5.74) is 3.80. The quantitative estimate of drug-likeness (QED) is 0.543. The number of aromatic nitrogens is 2. The minimum absolute atomic E-state index is 0.179. The zero-order valence-corrected chi connectivity index (χ0v) is 8.19. The molecule has 0 radical (unpaired) electrons. The first-order chi connectivity index (χ1) is 6.90. The van der Waals surface area contributed by atoms with Crippen LogP contribution in [0.25, 0.3) is 0 Å². The molecule has 1 aromatic rings. The Labute approximate surface area is 83.9 Å². The smallest absolute Gasteiger partial charge is 0.115 e. The molecule has 14 heavy (non-hydrogen) atoms. The molecule has 0 saturated heterocycles. The number of nitrogens with zero attached hydrogens (tertiary/aromatic N) is 2. The lowest BCUT2D eigenvalue weighted by atomic mass is 10.1. The van der Waals surface area contributed by atoms with Crippen molar-refractivity contribution in [3.8, 4) is 0 Å². The van der Waals surface area contributed by atoms with Crippen molar-refractivity contribution in [2.45, 2.75) is 31.7 Å². The van der Waals surface area contributed by atoms with Gasteiger partial charge < -0.3 is 0 Å². The Bertz CT molecular complexity index is 271. The summed E-state index contributed by atoms with van der Waals surface area (Å²) in [6.45, 7) is 0. The van der Waals surface area contributed by atoms with Crippen LogP contribution in [0.5, 0.6) is 0 Å². The number of nitrogens with one attached hydrogen (secondary N) is 1. The number of rotatable bonds is 5. The molecule has 1 fully saturated rings. The number of hydrogen-bond acceptors (Lipinski definition) is 4. The van der Waals surface area contributed by atoms with Gasteiger partial charge in [-0.05, 0) is 24.8 Å². The second-order valence-electron chi connectivity index (χ2n) is 3.87. The van der Waals surface area contributed by atoms with E-state index >= 15 is 0 Å². The Morgan fingerprint density at radius 3 is 3.00 bits per heavy atom. The second-order valence-corrected chi connectivity index (χ2v) is 3.87. The number of hydrazine groups is 1. The Hall–Kier alpha value is -1.00. The fourth-order valence-corrected chi connectivity index (χ4v) is 1.63. The van der Waals surface area contributed by atoms with E-state index in [-0.39, 0.29) is 6.04 Å². The maximum absolute atomic E-state index is 5.50. The van der Waals surface area contributed by atoms with Crippen LogP contribution in [-0.4, -0.2) is 9.97 Å².